The summed E-state index contributed by atoms with van der Waals surface area (Å²) in [5, 5.41) is 2.56. The first-order chi connectivity index (χ1) is 5.66. The van der Waals surface area contributed by atoms with E-state index >= 15 is 0 Å². The Morgan fingerprint density at radius 3 is 2.42 bits per heavy atom. The van der Waals surface area contributed by atoms with Crippen molar-refractivity contribution in [3.05, 3.63) is 29.6 Å². The van der Waals surface area contributed by atoms with Crippen LogP contribution in [-0.2, 0) is 0 Å². The van der Waals surface area contributed by atoms with E-state index in [2.05, 4.69) is 5.32 Å². The molecule has 0 saturated heterocycles. The molecule has 0 radical (unpaired) electrons. The highest BCUT2D eigenvalue weighted by atomic mass is 19.2. The summed E-state index contributed by atoms with van der Waals surface area (Å²) < 4.78 is 37.7. The van der Waals surface area contributed by atoms with E-state index in [1.54, 1.807) is 6.92 Å². The average Bonchev–Trinajstić information content (AvgIpc) is 2.07. The van der Waals surface area contributed by atoms with Gasteiger partial charge >= 0.3 is 0 Å². The Labute approximate surface area is 68.2 Å². The van der Waals surface area contributed by atoms with Gasteiger partial charge in [0.05, 0.1) is 5.69 Å². The van der Waals surface area contributed by atoms with Crippen LogP contribution >= 0.6 is 0 Å². The van der Waals surface area contributed by atoms with Crippen LogP contribution in [0.15, 0.2) is 12.1 Å². The fourth-order valence-electron chi connectivity index (χ4n) is 0.853. The molecule has 66 valence electrons. The molecule has 1 aromatic carbocycles. The first-order valence-electron chi connectivity index (χ1n) is 3.54. The van der Waals surface area contributed by atoms with Crippen molar-refractivity contribution in [3.8, 4) is 0 Å². The van der Waals surface area contributed by atoms with Crippen molar-refractivity contribution in [3.63, 3.8) is 0 Å². The Morgan fingerprint density at radius 1 is 1.17 bits per heavy atom. The highest BCUT2D eigenvalue weighted by molar-refractivity contribution is 5.45. The molecule has 4 heteroatoms. The molecule has 0 saturated carbocycles. The van der Waals surface area contributed by atoms with E-state index in [1.807, 2.05) is 0 Å². The maximum Gasteiger partial charge on any atom is 0.196 e. The lowest BCUT2D eigenvalue weighted by molar-refractivity contribution is 0.449. The van der Waals surface area contributed by atoms with E-state index < -0.39 is 17.5 Å². The highest BCUT2D eigenvalue weighted by Crippen LogP contribution is 2.18. The standard InChI is InChI=1S/C8H8F3N/c1-2-12-6-4-3-5(9)7(10)8(6)11/h3-4,12H,2H2,1H3. The van der Waals surface area contributed by atoms with E-state index in [-0.39, 0.29) is 5.69 Å². The average molecular weight is 175 g/mol. The lowest BCUT2D eigenvalue weighted by Gasteiger charge is -2.04. The normalized spacial score (nSPS) is 10.0. The van der Waals surface area contributed by atoms with Gasteiger partial charge < -0.3 is 5.32 Å². The molecule has 1 rings (SSSR count). The minimum absolute atomic E-state index is 0.0172. The largest absolute Gasteiger partial charge is 0.383 e. The summed E-state index contributed by atoms with van der Waals surface area (Å²) in [5.74, 6) is -3.78. The molecular formula is C8H8F3N. The molecule has 0 aromatic heterocycles. The van der Waals surface area contributed by atoms with Gasteiger partial charge in [0.1, 0.15) is 0 Å². The van der Waals surface area contributed by atoms with Crippen molar-refractivity contribution >= 4 is 5.69 Å². The monoisotopic (exact) mass is 175 g/mol. The number of benzene rings is 1. The molecule has 12 heavy (non-hydrogen) atoms. The maximum absolute atomic E-state index is 12.8. The predicted molar refractivity (Wildman–Crippen MR) is 40.5 cm³/mol. The third-order valence-electron chi connectivity index (χ3n) is 1.40. The second kappa shape index (κ2) is 3.47. The predicted octanol–water partition coefficient (Wildman–Crippen LogP) is 2.54. The summed E-state index contributed by atoms with van der Waals surface area (Å²) in [7, 11) is 0. The molecule has 1 N–H and O–H groups in total. The highest BCUT2D eigenvalue weighted by Gasteiger charge is 2.11. The zero-order valence-corrected chi connectivity index (χ0v) is 6.50. The van der Waals surface area contributed by atoms with E-state index in [0.29, 0.717) is 6.54 Å². The summed E-state index contributed by atoms with van der Waals surface area (Å²) >= 11 is 0. The van der Waals surface area contributed by atoms with Gasteiger partial charge in [0.2, 0.25) is 0 Å². The molecule has 1 nitrogen and oxygen atoms in total. The molecule has 0 spiro atoms. The Bertz CT molecular complexity index is 286. The summed E-state index contributed by atoms with van der Waals surface area (Å²) in [6.45, 7) is 2.20. The Kier molecular flexibility index (Phi) is 2.58. The molecule has 0 unspecified atom stereocenters. The van der Waals surface area contributed by atoms with Gasteiger partial charge in [-0.05, 0) is 19.1 Å². The Morgan fingerprint density at radius 2 is 1.83 bits per heavy atom. The summed E-state index contributed by atoms with van der Waals surface area (Å²) in [5.41, 5.74) is -0.0172. The van der Waals surface area contributed by atoms with Gasteiger partial charge in [0.25, 0.3) is 0 Å². The lowest BCUT2D eigenvalue weighted by atomic mass is 10.3. The van der Waals surface area contributed by atoms with E-state index in [0.717, 1.165) is 12.1 Å². The summed E-state index contributed by atoms with van der Waals surface area (Å²) in [6.07, 6.45) is 0. The second-order valence-corrected chi connectivity index (χ2v) is 2.25. The molecular weight excluding hydrogens is 167 g/mol. The molecule has 0 aliphatic rings. The van der Waals surface area contributed by atoms with Gasteiger partial charge in [-0.25, -0.2) is 13.2 Å². The third-order valence-corrected chi connectivity index (χ3v) is 1.40. The second-order valence-electron chi connectivity index (χ2n) is 2.25. The smallest absolute Gasteiger partial charge is 0.196 e. The van der Waals surface area contributed by atoms with E-state index in [9.17, 15) is 13.2 Å². The van der Waals surface area contributed by atoms with Crippen LogP contribution in [0, 0.1) is 17.5 Å². The van der Waals surface area contributed by atoms with Crippen LogP contribution in [0.5, 0.6) is 0 Å². The quantitative estimate of drug-likeness (QED) is 0.681. The van der Waals surface area contributed by atoms with Crippen molar-refractivity contribution in [2.75, 3.05) is 11.9 Å². The SMILES string of the molecule is CCNc1ccc(F)c(F)c1F. The van der Waals surface area contributed by atoms with Gasteiger partial charge in [-0.3, -0.25) is 0 Å². The van der Waals surface area contributed by atoms with Gasteiger partial charge in [-0.1, -0.05) is 0 Å². The fourth-order valence-corrected chi connectivity index (χ4v) is 0.853. The first kappa shape index (κ1) is 8.90. The van der Waals surface area contributed by atoms with Crippen LogP contribution in [0.1, 0.15) is 6.92 Å². The summed E-state index contributed by atoms with van der Waals surface area (Å²) in [6, 6.07) is 2.05. The fraction of sp³-hybridized carbons (Fsp3) is 0.250. The van der Waals surface area contributed by atoms with Crippen LogP contribution in [0.25, 0.3) is 0 Å². The molecule has 0 fully saturated rings. The molecule has 1 aromatic rings. The molecule has 0 aliphatic heterocycles. The number of anilines is 1. The van der Waals surface area contributed by atoms with Gasteiger partial charge in [0.15, 0.2) is 17.5 Å². The number of nitrogens with one attached hydrogen (secondary N) is 1. The number of rotatable bonds is 2. The number of hydrogen-bond acceptors (Lipinski definition) is 1. The van der Waals surface area contributed by atoms with Crippen molar-refractivity contribution in [2.24, 2.45) is 0 Å². The first-order valence-corrected chi connectivity index (χ1v) is 3.54. The lowest BCUT2D eigenvalue weighted by Crippen LogP contribution is -2.02. The molecule has 0 amide bonds. The van der Waals surface area contributed by atoms with Crippen LogP contribution in [0.4, 0.5) is 18.9 Å². The van der Waals surface area contributed by atoms with Gasteiger partial charge in [-0.2, -0.15) is 0 Å². The van der Waals surface area contributed by atoms with Gasteiger partial charge in [0, 0.05) is 6.54 Å². The molecule has 0 aliphatic carbocycles. The van der Waals surface area contributed by atoms with Crippen LogP contribution in [-0.4, -0.2) is 6.54 Å². The van der Waals surface area contributed by atoms with Crippen molar-refractivity contribution in [2.45, 2.75) is 6.92 Å². The van der Waals surface area contributed by atoms with Crippen molar-refractivity contribution < 1.29 is 13.2 Å². The van der Waals surface area contributed by atoms with Crippen molar-refractivity contribution in [1.82, 2.24) is 0 Å². The van der Waals surface area contributed by atoms with Crippen LogP contribution < -0.4 is 5.32 Å². The number of hydrogen-bond donors (Lipinski definition) is 1. The van der Waals surface area contributed by atoms with Crippen molar-refractivity contribution in [1.29, 1.82) is 0 Å². The zero-order valence-electron chi connectivity index (χ0n) is 6.50. The molecule has 0 atom stereocenters. The summed E-state index contributed by atoms with van der Waals surface area (Å²) in [4.78, 5) is 0. The minimum Gasteiger partial charge on any atom is -0.383 e. The van der Waals surface area contributed by atoms with Crippen LogP contribution in [0.3, 0.4) is 0 Å². The molecule has 0 bridgehead atoms. The topological polar surface area (TPSA) is 12.0 Å². The van der Waals surface area contributed by atoms with E-state index in [4.69, 9.17) is 0 Å². The number of halogens is 3. The molecule has 0 heterocycles. The maximum atomic E-state index is 12.8. The Hall–Kier alpha value is -1.19. The van der Waals surface area contributed by atoms with E-state index in [1.165, 1.54) is 0 Å². The minimum atomic E-state index is -1.44. The third kappa shape index (κ3) is 1.52. The van der Waals surface area contributed by atoms with Gasteiger partial charge in [-0.15, -0.1) is 0 Å². The van der Waals surface area contributed by atoms with Crippen LogP contribution in [0.2, 0.25) is 0 Å². The Balaban J connectivity index is 3.08. The zero-order chi connectivity index (χ0) is 9.14.